The Labute approximate surface area is 134 Å². The monoisotopic (exact) mass is 325 g/mol. The summed E-state index contributed by atoms with van der Waals surface area (Å²) >= 11 is 0. The number of ether oxygens (including phenoxy) is 1. The molecule has 1 fully saturated rings. The van der Waals surface area contributed by atoms with Crippen LogP contribution in [0.25, 0.3) is 0 Å². The number of carbonyl (C=O) groups excluding carboxylic acids is 2. The van der Waals surface area contributed by atoms with Crippen molar-refractivity contribution in [1.29, 1.82) is 0 Å². The molecule has 1 atom stereocenters. The number of nitrogens with zero attached hydrogens (tertiary/aromatic N) is 1. The molecule has 1 saturated heterocycles. The van der Waals surface area contributed by atoms with E-state index in [9.17, 15) is 14.7 Å². The number of morpholine rings is 1. The average Bonchev–Trinajstić information content (AvgIpc) is 3.10. The van der Waals surface area contributed by atoms with E-state index < -0.39 is 17.9 Å². The standard InChI is InChI=1S/C15H23N3O5/c19-12(13-2-1-9-23-13)3-4-16-14(20)15(21)17-5-6-18-7-10-22-11-8-18/h1-2,9,12,19H,3-8,10-11H2,(H,16,20)(H,17,21). The Morgan fingerprint density at radius 1 is 1.22 bits per heavy atom. The number of nitrogens with one attached hydrogen (secondary N) is 2. The highest BCUT2D eigenvalue weighted by molar-refractivity contribution is 6.35. The zero-order valence-electron chi connectivity index (χ0n) is 13.0. The van der Waals surface area contributed by atoms with Crippen LogP contribution in [0.4, 0.5) is 0 Å². The summed E-state index contributed by atoms with van der Waals surface area (Å²) < 4.78 is 10.3. The van der Waals surface area contributed by atoms with E-state index in [2.05, 4.69) is 15.5 Å². The normalized spacial score (nSPS) is 16.7. The third-order valence-electron chi connectivity index (χ3n) is 3.60. The quantitative estimate of drug-likeness (QED) is 0.571. The van der Waals surface area contributed by atoms with E-state index in [1.165, 1.54) is 6.26 Å². The Hall–Kier alpha value is -1.90. The largest absolute Gasteiger partial charge is 0.467 e. The molecule has 8 nitrogen and oxygen atoms in total. The highest BCUT2D eigenvalue weighted by Crippen LogP contribution is 2.15. The maximum atomic E-state index is 11.6. The molecule has 2 heterocycles. The minimum atomic E-state index is -0.797. The molecule has 1 aliphatic rings. The zero-order valence-corrected chi connectivity index (χ0v) is 13.0. The van der Waals surface area contributed by atoms with Crippen molar-refractivity contribution < 1.29 is 23.8 Å². The van der Waals surface area contributed by atoms with Crippen molar-refractivity contribution in [2.75, 3.05) is 45.9 Å². The van der Waals surface area contributed by atoms with E-state index in [-0.39, 0.29) is 13.0 Å². The lowest BCUT2D eigenvalue weighted by Crippen LogP contribution is -2.45. The Bertz CT molecular complexity index is 485. The summed E-state index contributed by atoms with van der Waals surface area (Å²) in [7, 11) is 0. The van der Waals surface area contributed by atoms with E-state index >= 15 is 0 Å². The molecule has 1 aliphatic heterocycles. The van der Waals surface area contributed by atoms with Gasteiger partial charge >= 0.3 is 11.8 Å². The fraction of sp³-hybridized carbons (Fsp3) is 0.600. The number of furan rings is 1. The molecule has 0 saturated carbocycles. The smallest absolute Gasteiger partial charge is 0.309 e. The van der Waals surface area contributed by atoms with Crippen LogP contribution in [-0.2, 0) is 14.3 Å². The molecule has 0 bridgehead atoms. The van der Waals surface area contributed by atoms with Gasteiger partial charge in [0.15, 0.2) is 0 Å². The summed E-state index contributed by atoms with van der Waals surface area (Å²) in [6.07, 6.45) is 0.953. The van der Waals surface area contributed by atoms with Gasteiger partial charge in [-0.05, 0) is 18.6 Å². The third-order valence-corrected chi connectivity index (χ3v) is 3.60. The van der Waals surface area contributed by atoms with Gasteiger partial charge in [-0.25, -0.2) is 0 Å². The average molecular weight is 325 g/mol. The Morgan fingerprint density at radius 2 is 1.91 bits per heavy atom. The first-order chi connectivity index (χ1) is 11.2. The van der Waals surface area contributed by atoms with E-state index in [0.29, 0.717) is 32.1 Å². The van der Waals surface area contributed by atoms with E-state index in [0.717, 1.165) is 13.1 Å². The Kier molecular flexibility index (Phi) is 7.05. The van der Waals surface area contributed by atoms with Crippen molar-refractivity contribution in [1.82, 2.24) is 15.5 Å². The highest BCUT2D eigenvalue weighted by Gasteiger charge is 2.16. The first-order valence-corrected chi connectivity index (χ1v) is 7.74. The minimum Gasteiger partial charge on any atom is -0.467 e. The summed E-state index contributed by atoms with van der Waals surface area (Å²) in [5.74, 6) is -0.918. The summed E-state index contributed by atoms with van der Waals surface area (Å²) in [5.41, 5.74) is 0. The van der Waals surface area contributed by atoms with Gasteiger partial charge in [0.05, 0.1) is 19.5 Å². The first-order valence-electron chi connectivity index (χ1n) is 7.74. The van der Waals surface area contributed by atoms with Gasteiger partial charge in [-0.3, -0.25) is 14.5 Å². The van der Waals surface area contributed by atoms with Crippen LogP contribution in [0.1, 0.15) is 18.3 Å². The number of aliphatic hydroxyl groups excluding tert-OH is 1. The molecule has 128 valence electrons. The molecule has 1 aromatic heterocycles. The van der Waals surface area contributed by atoms with Crippen LogP contribution in [0.2, 0.25) is 0 Å². The molecule has 0 aliphatic carbocycles. The lowest BCUT2D eigenvalue weighted by atomic mass is 10.2. The molecule has 1 aromatic rings. The van der Waals surface area contributed by atoms with Gasteiger partial charge in [0, 0.05) is 32.7 Å². The van der Waals surface area contributed by atoms with Crippen LogP contribution in [0.3, 0.4) is 0 Å². The van der Waals surface area contributed by atoms with Gasteiger partial charge in [0.25, 0.3) is 0 Å². The SMILES string of the molecule is O=C(NCCC(O)c1ccco1)C(=O)NCCN1CCOCC1. The van der Waals surface area contributed by atoms with Crippen molar-refractivity contribution >= 4 is 11.8 Å². The van der Waals surface area contributed by atoms with Crippen LogP contribution in [0.5, 0.6) is 0 Å². The fourth-order valence-corrected chi connectivity index (χ4v) is 2.26. The minimum absolute atomic E-state index is 0.192. The third kappa shape index (κ3) is 6.01. The number of carbonyl (C=O) groups is 2. The maximum absolute atomic E-state index is 11.6. The second-order valence-electron chi connectivity index (χ2n) is 5.29. The predicted octanol–water partition coefficient (Wildman–Crippen LogP) is -0.732. The molecule has 3 N–H and O–H groups in total. The van der Waals surface area contributed by atoms with Crippen LogP contribution < -0.4 is 10.6 Å². The van der Waals surface area contributed by atoms with Gasteiger partial charge < -0.3 is 24.9 Å². The molecule has 1 unspecified atom stereocenters. The number of hydrogen-bond acceptors (Lipinski definition) is 6. The second-order valence-corrected chi connectivity index (χ2v) is 5.29. The molecule has 23 heavy (non-hydrogen) atoms. The van der Waals surface area contributed by atoms with Crippen molar-refractivity contribution in [2.24, 2.45) is 0 Å². The molecule has 8 heteroatoms. The maximum Gasteiger partial charge on any atom is 0.309 e. The van der Waals surface area contributed by atoms with Crippen LogP contribution in [-0.4, -0.2) is 67.8 Å². The number of aliphatic hydroxyl groups is 1. The molecule has 2 rings (SSSR count). The first kappa shape index (κ1) is 17.5. The van der Waals surface area contributed by atoms with Crippen LogP contribution in [0.15, 0.2) is 22.8 Å². The van der Waals surface area contributed by atoms with E-state index in [1.54, 1.807) is 12.1 Å². The Balaban J connectivity index is 1.56. The molecule has 0 spiro atoms. The number of amides is 2. The molecule has 2 amide bonds. The topological polar surface area (TPSA) is 104 Å². The van der Waals surface area contributed by atoms with E-state index in [4.69, 9.17) is 9.15 Å². The molecular weight excluding hydrogens is 302 g/mol. The summed E-state index contributed by atoms with van der Waals surface area (Å²) in [6, 6.07) is 3.34. The molecule has 0 aromatic carbocycles. The van der Waals surface area contributed by atoms with Gasteiger partial charge in [-0.2, -0.15) is 0 Å². The predicted molar refractivity (Wildman–Crippen MR) is 81.6 cm³/mol. The van der Waals surface area contributed by atoms with Crippen molar-refractivity contribution in [3.63, 3.8) is 0 Å². The lowest BCUT2D eigenvalue weighted by Gasteiger charge is -2.26. The summed E-state index contributed by atoms with van der Waals surface area (Å²) in [4.78, 5) is 25.4. The molecule has 0 radical (unpaired) electrons. The Morgan fingerprint density at radius 3 is 2.57 bits per heavy atom. The van der Waals surface area contributed by atoms with Crippen LogP contribution >= 0.6 is 0 Å². The van der Waals surface area contributed by atoms with Crippen molar-refractivity contribution in [2.45, 2.75) is 12.5 Å². The van der Waals surface area contributed by atoms with Gasteiger partial charge in [0.2, 0.25) is 0 Å². The fourth-order valence-electron chi connectivity index (χ4n) is 2.26. The van der Waals surface area contributed by atoms with Gasteiger partial charge in [0.1, 0.15) is 11.9 Å². The number of rotatable bonds is 7. The van der Waals surface area contributed by atoms with Crippen molar-refractivity contribution in [3.05, 3.63) is 24.2 Å². The molecular formula is C15H23N3O5. The second kappa shape index (κ2) is 9.29. The van der Waals surface area contributed by atoms with Crippen molar-refractivity contribution in [3.8, 4) is 0 Å². The van der Waals surface area contributed by atoms with Gasteiger partial charge in [-0.15, -0.1) is 0 Å². The highest BCUT2D eigenvalue weighted by atomic mass is 16.5. The van der Waals surface area contributed by atoms with Gasteiger partial charge in [-0.1, -0.05) is 0 Å². The number of hydrogen-bond donors (Lipinski definition) is 3. The summed E-state index contributed by atoms with van der Waals surface area (Å²) in [5, 5.41) is 14.8. The van der Waals surface area contributed by atoms with Crippen LogP contribution in [0, 0.1) is 0 Å². The lowest BCUT2D eigenvalue weighted by molar-refractivity contribution is -0.139. The zero-order chi connectivity index (χ0) is 16.5. The van der Waals surface area contributed by atoms with E-state index in [1.807, 2.05) is 0 Å². The summed E-state index contributed by atoms with van der Waals surface area (Å²) in [6.45, 7) is 4.39.